The summed E-state index contributed by atoms with van der Waals surface area (Å²) in [5, 5.41) is 23.3. The molecule has 0 heterocycles. The van der Waals surface area contributed by atoms with Crippen LogP contribution in [0.15, 0.2) is 12.2 Å². The summed E-state index contributed by atoms with van der Waals surface area (Å²) < 4.78 is 5.47. The van der Waals surface area contributed by atoms with Gasteiger partial charge in [0.2, 0.25) is 5.91 Å². The summed E-state index contributed by atoms with van der Waals surface area (Å²) in [4.78, 5) is 24.5. The number of hydrogen-bond donors (Lipinski definition) is 3. The second kappa shape index (κ2) is 58.2. The fraction of sp³-hybridized carbons (Fsp3) is 0.935. The van der Waals surface area contributed by atoms with Crippen molar-refractivity contribution in [3.8, 4) is 0 Å². The Balaban J connectivity index is 3.42. The molecule has 0 saturated carbocycles. The summed E-state index contributed by atoms with van der Waals surface area (Å²) in [6, 6.07) is -0.547. The zero-order valence-corrected chi connectivity index (χ0v) is 46.1. The average molecular weight is 961 g/mol. The average Bonchev–Trinajstić information content (AvgIpc) is 3.34. The summed E-state index contributed by atoms with van der Waals surface area (Å²) in [6.07, 6.45) is 69.3. The Kier molecular flexibility index (Phi) is 57.0. The third-order valence-electron chi connectivity index (χ3n) is 14.6. The first-order valence-electron chi connectivity index (χ1n) is 30.9. The molecule has 0 radical (unpaired) electrons. The maximum absolute atomic E-state index is 12.5. The summed E-state index contributed by atoms with van der Waals surface area (Å²) in [6.45, 7) is 4.97. The van der Waals surface area contributed by atoms with E-state index in [4.69, 9.17) is 4.74 Å². The Morgan fingerprint density at radius 3 is 1.04 bits per heavy atom. The maximum atomic E-state index is 12.5. The first kappa shape index (κ1) is 66.6. The predicted octanol–water partition coefficient (Wildman–Crippen LogP) is 19.2. The van der Waals surface area contributed by atoms with Crippen LogP contribution in [0.1, 0.15) is 348 Å². The van der Waals surface area contributed by atoms with E-state index in [0.29, 0.717) is 25.9 Å². The quantitative estimate of drug-likeness (QED) is 0.0321. The van der Waals surface area contributed by atoms with E-state index < -0.39 is 12.1 Å². The van der Waals surface area contributed by atoms with Gasteiger partial charge in [-0.05, 0) is 51.4 Å². The lowest BCUT2D eigenvalue weighted by molar-refractivity contribution is -0.143. The molecule has 0 aliphatic heterocycles. The molecule has 0 aliphatic carbocycles. The molecule has 0 aliphatic rings. The fourth-order valence-electron chi connectivity index (χ4n) is 9.81. The molecule has 0 fully saturated rings. The van der Waals surface area contributed by atoms with E-state index in [2.05, 4.69) is 31.3 Å². The highest BCUT2D eigenvalue weighted by Crippen LogP contribution is 2.18. The molecule has 1 amide bonds. The Morgan fingerprint density at radius 1 is 0.397 bits per heavy atom. The van der Waals surface area contributed by atoms with E-state index >= 15 is 0 Å². The molecule has 2 unspecified atom stereocenters. The third-order valence-corrected chi connectivity index (χ3v) is 14.6. The number of aliphatic hydroxyl groups is 2. The number of carbonyl (C=O) groups is 2. The lowest BCUT2D eigenvalue weighted by Gasteiger charge is -2.22. The summed E-state index contributed by atoms with van der Waals surface area (Å²) in [5.74, 6) is -0.0298. The zero-order valence-electron chi connectivity index (χ0n) is 46.1. The van der Waals surface area contributed by atoms with E-state index in [1.807, 2.05) is 0 Å². The van der Waals surface area contributed by atoms with Gasteiger partial charge in [-0.25, -0.2) is 0 Å². The van der Waals surface area contributed by atoms with Gasteiger partial charge in [0.15, 0.2) is 0 Å². The zero-order chi connectivity index (χ0) is 49.3. The molecular weight excluding hydrogens is 839 g/mol. The molecule has 0 rings (SSSR count). The predicted molar refractivity (Wildman–Crippen MR) is 297 cm³/mol. The van der Waals surface area contributed by atoms with Crippen molar-refractivity contribution < 1.29 is 24.5 Å². The number of aliphatic hydroxyl groups excluding tert-OH is 2. The van der Waals surface area contributed by atoms with Crippen molar-refractivity contribution in [3.05, 3.63) is 12.2 Å². The number of allylic oxidation sites excluding steroid dienone is 2. The van der Waals surface area contributed by atoms with Gasteiger partial charge in [-0.15, -0.1) is 0 Å². The van der Waals surface area contributed by atoms with Gasteiger partial charge in [-0.2, -0.15) is 0 Å². The number of nitrogens with one attached hydrogen (secondary N) is 1. The molecular formula is C62H121NO5. The second-order valence-corrected chi connectivity index (χ2v) is 21.4. The van der Waals surface area contributed by atoms with Gasteiger partial charge in [-0.1, -0.05) is 296 Å². The lowest BCUT2D eigenvalue weighted by Crippen LogP contribution is -2.45. The topological polar surface area (TPSA) is 95.9 Å². The number of unbranched alkanes of at least 4 members (excludes halogenated alkanes) is 45. The number of amides is 1. The minimum Gasteiger partial charge on any atom is -0.466 e. The van der Waals surface area contributed by atoms with E-state index in [1.54, 1.807) is 0 Å². The molecule has 0 aromatic heterocycles. The highest BCUT2D eigenvalue weighted by molar-refractivity contribution is 5.76. The minimum atomic E-state index is -0.669. The molecule has 6 nitrogen and oxygen atoms in total. The van der Waals surface area contributed by atoms with Crippen molar-refractivity contribution >= 4 is 11.9 Å². The number of rotatable bonds is 58. The van der Waals surface area contributed by atoms with Crippen LogP contribution in [0.4, 0.5) is 0 Å². The third kappa shape index (κ3) is 53.9. The van der Waals surface area contributed by atoms with Gasteiger partial charge in [0, 0.05) is 12.8 Å². The van der Waals surface area contributed by atoms with Gasteiger partial charge in [0.05, 0.1) is 25.4 Å². The van der Waals surface area contributed by atoms with Crippen molar-refractivity contribution in [1.82, 2.24) is 5.32 Å². The number of carbonyl (C=O) groups excluding carboxylic acids is 2. The molecule has 0 bridgehead atoms. The van der Waals surface area contributed by atoms with E-state index in [1.165, 1.54) is 276 Å². The molecule has 2 atom stereocenters. The Bertz CT molecular complexity index is 1020. The van der Waals surface area contributed by atoms with Gasteiger partial charge < -0.3 is 20.3 Å². The summed E-state index contributed by atoms with van der Waals surface area (Å²) >= 11 is 0. The van der Waals surface area contributed by atoms with Crippen LogP contribution in [0.2, 0.25) is 0 Å². The van der Waals surface area contributed by atoms with Crippen molar-refractivity contribution in [3.63, 3.8) is 0 Å². The van der Waals surface area contributed by atoms with Gasteiger partial charge in [0.1, 0.15) is 0 Å². The van der Waals surface area contributed by atoms with Crippen LogP contribution in [0.3, 0.4) is 0 Å². The summed E-state index contributed by atoms with van der Waals surface area (Å²) in [5.41, 5.74) is 0. The molecule has 0 saturated heterocycles. The largest absolute Gasteiger partial charge is 0.466 e. The molecule has 6 heteroatoms. The van der Waals surface area contributed by atoms with Gasteiger partial charge in [0.25, 0.3) is 0 Å². The van der Waals surface area contributed by atoms with Crippen LogP contribution in [0.25, 0.3) is 0 Å². The van der Waals surface area contributed by atoms with Crippen LogP contribution in [-0.4, -0.2) is 47.4 Å². The van der Waals surface area contributed by atoms with Crippen LogP contribution >= 0.6 is 0 Å². The first-order chi connectivity index (χ1) is 33.5. The Labute approximate surface area is 425 Å². The SMILES string of the molecule is CCCCCCCCCCCCCCCCCCCCC(O)C(CO)NC(=O)CCCCCCCCC/C=C\CCCCCCCCCCCCOC(=O)CCCCCCCCCCCCCC. The molecule has 0 spiro atoms. The van der Waals surface area contributed by atoms with Crippen LogP contribution < -0.4 is 5.32 Å². The molecule has 3 N–H and O–H groups in total. The van der Waals surface area contributed by atoms with Crippen molar-refractivity contribution in [2.75, 3.05) is 13.2 Å². The highest BCUT2D eigenvalue weighted by Gasteiger charge is 2.20. The fourth-order valence-corrected chi connectivity index (χ4v) is 9.81. The van der Waals surface area contributed by atoms with Crippen LogP contribution in [0.5, 0.6) is 0 Å². The molecule has 0 aromatic rings. The number of ether oxygens (including phenoxy) is 1. The highest BCUT2D eigenvalue weighted by atomic mass is 16.5. The van der Waals surface area contributed by atoms with E-state index in [0.717, 1.165) is 38.5 Å². The second-order valence-electron chi connectivity index (χ2n) is 21.4. The smallest absolute Gasteiger partial charge is 0.305 e. The summed E-state index contributed by atoms with van der Waals surface area (Å²) in [7, 11) is 0. The first-order valence-corrected chi connectivity index (χ1v) is 30.9. The van der Waals surface area contributed by atoms with Crippen molar-refractivity contribution in [1.29, 1.82) is 0 Å². The molecule has 68 heavy (non-hydrogen) atoms. The monoisotopic (exact) mass is 960 g/mol. The standard InChI is InChI=1S/C62H121NO5/c1-3-5-7-9-11-13-15-17-18-19-25-28-31-34-38-42-46-50-54-60(65)59(58-64)63-61(66)55-51-47-43-39-35-32-29-26-23-21-20-22-24-27-30-33-37-41-45-49-53-57-68-62(67)56-52-48-44-40-36-16-14-12-10-8-6-4-2/h21,23,59-60,64-65H,3-20,22,24-58H2,1-2H3,(H,63,66)/b23-21-. The van der Waals surface area contributed by atoms with Crippen LogP contribution in [0, 0.1) is 0 Å². The van der Waals surface area contributed by atoms with Crippen LogP contribution in [-0.2, 0) is 14.3 Å². The number of hydrogen-bond acceptors (Lipinski definition) is 5. The van der Waals surface area contributed by atoms with Crippen molar-refractivity contribution in [2.24, 2.45) is 0 Å². The Hall–Kier alpha value is -1.40. The number of esters is 1. The minimum absolute atomic E-state index is 0.00963. The molecule has 404 valence electrons. The lowest BCUT2D eigenvalue weighted by atomic mass is 10.0. The van der Waals surface area contributed by atoms with E-state index in [-0.39, 0.29) is 18.5 Å². The van der Waals surface area contributed by atoms with Gasteiger partial charge >= 0.3 is 5.97 Å². The maximum Gasteiger partial charge on any atom is 0.305 e. The normalized spacial score (nSPS) is 12.6. The van der Waals surface area contributed by atoms with Crippen molar-refractivity contribution in [2.45, 2.75) is 360 Å². The van der Waals surface area contributed by atoms with E-state index in [9.17, 15) is 19.8 Å². The molecule has 0 aromatic carbocycles. The van der Waals surface area contributed by atoms with Gasteiger partial charge in [-0.3, -0.25) is 9.59 Å². The Morgan fingerprint density at radius 2 is 0.691 bits per heavy atom.